The molecule has 0 saturated heterocycles. The minimum Gasteiger partial charge on any atom is -0.614 e. The van der Waals surface area contributed by atoms with Crippen molar-refractivity contribution in [3.63, 3.8) is 0 Å². The van der Waals surface area contributed by atoms with Crippen LogP contribution in [0.1, 0.15) is 0 Å². The highest BCUT2D eigenvalue weighted by Gasteiger charge is 2.33. The van der Waals surface area contributed by atoms with Crippen LogP contribution >= 0.6 is 0 Å². The molecular formula is C5H3N3O5. The molecule has 8 heteroatoms. The van der Waals surface area contributed by atoms with Crippen LogP contribution in [0, 0.1) is 25.4 Å². The van der Waals surface area contributed by atoms with Gasteiger partial charge in [-0.3, -0.25) is 20.2 Å². The third kappa shape index (κ3) is 1.50. The quantitative estimate of drug-likeness (QED) is 0.281. The van der Waals surface area contributed by atoms with Gasteiger partial charge in [-0.15, -0.1) is 4.73 Å². The second-order valence-electron chi connectivity index (χ2n) is 2.06. The molecule has 0 fully saturated rings. The maximum absolute atomic E-state index is 10.8. The average molecular weight is 185 g/mol. The SMILES string of the molecule is O=[N+]([O-])c1ccc[n+]([O-])c1[N+](=O)[O-]. The molecule has 0 aliphatic carbocycles. The lowest BCUT2D eigenvalue weighted by Gasteiger charge is -1.95. The maximum atomic E-state index is 10.8. The first-order valence-electron chi connectivity index (χ1n) is 3.05. The van der Waals surface area contributed by atoms with Gasteiger partial charge in [0.25, 0.3) is 0 Å². The predicted molar refractivity (Wildman–Crippen MR) is 38.7 cm³/mol. The molecule has 68 valence electrons. The summed E-state index contributed by atoms with van der Waals surface area (Å²) in [6.07, 6.45) is 0.825. The van der Waals surface area contributed by atoms with Crippen molar-refractivity contribution in [2.45, 2.75) is 0 Å². The van der Waals surface area contributed by atoms with E-state index in [2.05, 4.69) is 0 Å². The van der Waals surface area contributed by atoms with E-state index in [0.717, 1.165) is 18.3 Å². The number of nitrogens with zero attached hydrogens (tertiary/aromatic N) is 3. The Balaban J connectivity index is 3.43. The molecule has 1 aromatic rings. The number of pyridine rings is 1. The molecule has 0 amide bonds. The van der Waals surface area contributed by atoms with Crippen molar-refractivity contribution in [3.05, 3.63) is 43.8 Å². The van der Waals surface area contributed by atoms with Crippen molar-refractivity contribution < 1.29 is 14.6 Å². The van der Waals surface area contributed by atoms with E-state index in [1.807, 2.05) is 0 Å². The molecule has 1 heterocycles. The molecule has 13 heavy (non-hydrogen) atoms. The second-order valence-corrected chi connectivity index (χ2v) is 2.06. The Hall–Kier alpha value is -2.25. The Kier molecular flexibility index (Phi) is 2.05. The van der Waals surface area contributed by atoms with Crippen LogP contribution in [-0.4, -0.2) is 9.85 Å². The van der Waals surface area contributed by atoms with Crippen molar-refractivity contribution in [2.75, 3.05) is 0 Å². The molecule has 0 aliphatic heterocycles. The average Bonchev–Trinajstić information content (AvgIpc) is 2.02. The fourth-order valence-electron chi connectivity index (χ4n) is 0.787. The fraction of sp³-hybridized carbons (Fsp3) is 0. The zero-order valence-electron chi connectivity index (χ0n) is 6.11. The van der Waals surface area contributed by atoms with Crippen molar-refractivity contribution in [3.8, 4) is 0 Å². The minimum atomic E-state index is -1.09. The normalized spacial score (nSPS) is 9.54. The van der Waals surface area contributed by atoms with E-state index >= 15 is 0 Å². The van der Waals surface area contributed by atoms with Gasteiger partial charge >= 0.3 is 11.5 Å². The Morgan fingerprint density at radius 1 is 1.23 bits per heavy atom. The van der Waals surface area contributed by atoms with Crippen LogP contribution in [0.3, 0.4) is 0 Å². The van der Waals surface area contributed by atoms with Gasteiger partial charge in [0, 0.05) is 12.1 Å². The number of nitro groups is 2. The summed E-state index contributed by atoms with van der Waals surface area (Å²) < 4.78 is -0.155. The topological polar surface area (TPSA) is 113 Å². The maximum Gasteiger partial charge on any atom is 0.591 e. The van der Waals surface area contributed by atoms with Gasteiger partial charge in [-0.25, -0.2) is 0 Å². The summed E-state index contributed by atoms with van der Waals surface area (Å²) in [6.45, 7) is 0. The van der Waals surface area contributed by atoms with Crippen LogP contribution in [0.4, 0.5) is 11.5 Å². The van der Waals surface area contributed by atoms with Crippen LogP contribution in [0.5, 0.6) is 0 Å². The van der Waals surface area contributed by atoms with Gasteiger partial charge in [-0.05, 0) is 0 Å². The summed E-state index contributed by atoms with van der Waals surface area (Å²) in [5.41, 5.74) is -0.817. The van der Waals surface area contributed by atoms with Crippen LogP contribution < -0.4 is 4.73 Å². The van der Waals surface area contributed by atoms with Gasteiger partial charge < -0.3 is 5.21 Å². The van der Waals surface area contributed by atoms with E-state index in [1.54, 1.807) is 0 Å². The minimum absolute atomic E-state index is 0.155. The molecule has 0 spiro atoms. The van der Waals surface area contributed by atoms with Gasteiger partial charge in [-0.2, -0.15) is 0 Å². The van der Waals surface area contributed by atoms with Crippen molar-refractivity contribution >= 4 is 11.5 Å². The van der Waals surface area contributed by atoms with E-state index in [1.165, 1.54) is 0 Å². The highest BCUT2D eigenvalue weighted by atomic mass is 16.6. The Labute approximate surface area is 70.9 Å². The highest BCUT2D eigenvalue weighted by Crippen LogP contribution is 2.20. The molecular weight excluding hydrogens is 182 g/mol. The monoisotopic (exact) mass is 185 g/mol. The summed E-state index contributed by atoms with van der Waals surface area (Å²) in [7, 11) is 0. The highest BCUT2D eigenvalue weighted by molar-refractivity contribution is 5.41. The Morgan fingerprint density at radius 3 is 2.23 bits per heavy atom. The lowest BCUT2D eigenvalue weighted by molar-refractivity contribution is -0.668. The van der Waals surface area contributed by atoms with Gasteiger partial charge in [0.15, 0.2) is 6.20 Å². The van der Waals surface area contributed by atoms with Crippen LogP contribution in [0.25, 0.3) is 0 Å². The molecule has 0 unspecified atom stereocenters. The van der Waals surface area contributed by atoms with Crippen LogP contribution in [0.15, 0.2) is 18.3 Å². The van der Waals surface area contributed by atoms with E-state index in [-0.39, 0.29) is 4.73 Å². The van der Waals surface area contributed by atoms with E-state index in [4.69, 9.17) is 0 Å². The molecule has 0 atom stereocenters. The summed E-state index contributed by atoms with van der Waals surface area (Å²) in [5, 5.41) is 31.2. The molecule has 1 rings (SSSR count). The van der Waals surface area contributed by atoms with Crippen LogP contribution in [-0.2, 0) is 0 Å². The number of hydrogen-bond acceptors (Lipinski definition) is 5. The van der Waals surface area contributed by atoms with Gasteiger partial charge in [0.05, 0.1) is 4.92 Å². The largest absolute Gasteiger partial charge is 0.614 e. The Bertz CT molecular complexity index is 376. The Morgan fingerprint density at radius 2 is 1.85 bits per heavy atom. The lowest BCUT2D eigenvalue weighted by Crippen LogP contribution is -2.29. The molecule has 0 aromatic carbocycles. The molecule has 0 radical (unpaired) electrons. The van der Waals surface area contributed by atoms with E-state index in [9.17, 15) is 25.4 Å². The summed E-state index contributed by atoms with van der Waals surface area (Å²) in [4.78, 5) is 18.4. The summed E-state index contributed by atoms with van der Waals surface area (Å²) >= 11 is 0. The zero-order chi connectivity index (χ0) is 10.0. The molecule has 0 bridgehead atoms. The zero-order valence-corrected chi connectivity index (χ0v) is 6.11. The molecule has 0 aliphatic rings. The first-order valence-corrected chi connectivity index (χ1v) is 3.05. The second kappa shape index (κ2) is 3.01. The lowest BCUT2D eigenvalue weighted by atomic mass is 10.4. The molecule has 0 saturated carbocycles. The third-order valence-electron chi connectivity index (χ3n) is 1.28. The van der Waals surface area contributed by atoms with Gasteiger partial charge in [0.2, 0.25) is 0 Å². The molecule has 0 N–H and O–H groups in total. The molecule has 8 nitrogen and oxygen atoms in total. The predicted octanol–water partition coefficient (Wildman–Crippen LogP) is 0.136. The summed E-state index contributed by atoms with van der Waals surface area (Å²) in [5.74, 6) is -1.08. The van der Waals surface area contributed by atoms with Crippen molar-refractivity contribution in [1.82, 2.24) is 0 Å². The summed E-state index contributed by atoms with van der Waals surface area (Å²) in [6, 6.07) is 1.96. The fourth-order valence-corrected chi connectivity index (χ4v) is 0.787. The van der Waals surface area contributed by atoms with Gasteiger partial charge in [0.1, 0.15) is 4.92 Å². The van der Waals surface area contributed by atoms with Gasteiger partial charge in [-0.1, -0.05) is 0 Å². The third-order valence-corrected chi connectivity index (χ3v) is 1.28. The first-order chi connectivity index (χ1) is 6.04. The van der Waals surface area contributed by atoms with Crippen molar-refractivity contribution in [1.29, 1.82) is 0 Å². The number of aromatic nitrogens is 1. The standard InChI is InChI=1S/C5H3N3O5/c9-6-3-1-2-4(7(10)11)5(6)8(12)13/h1-3H. The van der Waals surface area contributed by atoms with E-state index < -0.39 is 21.4 Å². The van der Waals surface area contributed by atoms with Crippen LogP contribution in [0.2, 0.25) is 0 Å². The number of hydrogen-bond donors (Lipinski definition) is 0. The molecule has 1 aromatic heterocycles. The van der Waals surface area contributed by atoms with E-state index in [0.29, 0.717) is 0 Å². The first kappa shape index (κ1) is 8.84. The van der Waals surface area contributed by atoms with Crippen molar-refractivity contribution in [2.24, 2.45) is 0 Å². The number of rotatable bonds is 2. The smallest absolute Gasteiger partial charge is 0.591 e.